The molecule has 2 aromatic rings. The van der Waals surface area contributed by atoms with Gasteiger partial charge in [0.15, 0.2) is 5.82 Å². The fourth-order valence-corrected chi connectivity index (χ4v) is 1.44. The summed E-state index contributed by atoms with van der Waals surface area (Å²) in [5, 5.41) is 7.14. The summed E-state index contributed by atoms with van der Waals surface area (Å²) in [6.07, 6.45) is 1.81. The maximum Gasteiger partial charge on any atom is 0.251 e. The van der Waals surface area contributed by atoms with E-state index in [0.29, 0.717) is 23.8 Å². The number of rotatable bonds is 3. The van der Waals surface area contributed by atoms with E-state index in [1.54, 1.807) is 16.9 Å². The first kappa shape index (κ1) is 10.6. The number of H-pyrrole nitrogens is 1. The molecule has 0 fully saturated rings. The number of aromatic nitrogens is 4. The number of hydrogen-bond acceptors (Lipinski definition) is 4. The van der Waals surface area contributed by atoms with Crippen LogP contribution in [-0.2, 0) is 13.6 Å². The molecule has 0 aliphatic heterocycles. The lowest BCUT2D eigenvalue weighted by molar-refractivity contribution is 0.762. The van der Waals surface area contributed by atoms with Crippen molar-refractivity contribution in [3.8, 4) is 11.5 Å². The molecule has 0 unspecified atom stereocenters. The zero-order valence-corrected chi connectivity index (χ0v) is 9.19. The minimum Gasteiger partial charge on any atom is -0.314 e. The molecule has 6 heteroatoms. The van der Waals surface area contributed by atoms with Crippen molar-refractivity contribution < 1.29 is 0 Å². The molecule has 0 saturated carbocycles. The van der Waals surface area contributed by atoms with Gasteiger partial charge in [0.1, 0.15) is 5.69 Å². The summed E-state index contributed by atoms with van der Waals surface area (Å²) in [6.45, 7) is 0.559. The molecule has 0 aliphatic carbocycles. The molecule has 0 atom stereocenters. The van der Waals surface area contributed by atoms with Crippen molar-refractivity contribution in [3.63, 3.8) is 0 Å². The molecule has 2 N–H and O–H groups in total. The largest absolute Gasteiger partial charge is 0.314 e. The zero-order valence-electron chi connectivity index (χ0n) is 9.19. The van der Waals surface area contributed by atoms with Gasteiger partial charge in [-0.1, -0.05) is 0 Å². The van der Waals surface area contributed by atoms with Crippen LogP contribution in [0.1, 0.15) is 5.69 Å². The summed E-state index contributed by atoms with van der Waals surface area (Å²) in [5.41, 5.74) is 1.20. The highest BCUT2D eigenvalue weighted by Gasteiger charge is 2.05. The Bertz CT molecular complexity index is 542. The Kier molecular flexibility index (Phi) is 2.82. The lowest BCUT2D eigenvalue weighted by atomic mass is 10.3. The summed E-state index contributed by atoms with van der Waals surface area (Å²) < 4.78 is 1.67. The molecule has 0 amide bonds. The number of nitrogens with one attached hydrogen (secondary N) is 2. The van der Waals surface area contributed by atoms with Gasteiger partial charge in [0.05, 0.1) is 5.69 Å². The smallest absolute Gasteiger partial charge is 0.251 e. The van der Waals surface area contributed by atoms with E-state index in [1.165, 1.54) is 6.07 Å². The van der Waals surface area contributed by atoms with Gasteiger partial charge in [-0.05, 0) is 13.1 Å². The van der Waals surface area contributed by atoms with Crippen LogP contribution in [0, 0.1) is 0 Å². The third kappa shape index (κ3) is 2.17. The van der Waals surface area contributed by atoms with E-state index in [-0.39, 0.29) is 5.56 Å². The Balaban J connectivity index is 2.44. The van der Waals surface area contributed by atoms with Gasteiger partial charge < -0.3 is 10.3 Å². The zero-order chi connectivity index (χ0) is 11.5. The minimum atomic E-state index is -0.166. The molecule has 2 heterocycles. The van der Waals surface area contributed by atoms with E-state index in [0.717, 1.165) is 0 Å². The topological polar surface area (TPSA) is 75.6 Å². The monoisotopic (exact) mass is 219 g/mol. The van der Waals surface area contributed by atoms with Gasteiger partial charge in [0, 0.05) is 25.9 Å². The van der Waals surface area contributed by atoms with Gasteiger partial charge in [-0.3, -0.25) is 9.48 Å². The lowest BCUT2D eigenvalue weighted by Gasteiger charge is -2.01. The van der Waals surface area contributed by atoms with Gasteiger partial charge >= 0.3 is 0 Å². The predicted molar refractivity (Wildman–Crippen MR) is 59.8 cm³/mol. The van der Waals surface area contributed by atoms with Crippen molar-refractivity contribution in [2.75, 3.05) is 7.05 Å². The van der Waals surface area contributed by atoms with Crippen LogP contribution in [0.25, 0.3) is 11.5 Å². The van der Waals surface area contributed by atoms with Crippen LogP contribution in [0.3, 0.4) is 0 Å². The first-order valence-electron chi connectivity index (χ1n) is 4.94. The van der Waals surface area contributed by atoms with Gasteiger partial charge in [0.2, 0.25) is 0 Å². The predicted octanol–water partition coefficient (Wildman–Crippen LogP) is -0.110. The summed E-state index contributed by atoms with van der Waals surface area (Å²) in [7, 11) is 3.63. The van der Waals surface area contributed by atoms with E-state index in [1.807, 2.05) is 14.1 Å². The maximum absolute atomic E-state index is 11.4. The normalized spacial score (nSPS) is 10.6. The van der Waals surface area contributed by atoms with Crippen LogP contribution in [-0.4, -0.2) is 26.8 Å². The Morgan fingerprint density at radius 3 is 3.00 bits per heavy atom. The molecule has 0 aliphatic rings. The SMILES string of the molecule is CNCc1cc(=O)[nH]c(-c2ccn(C)n2)n1. The van der Waals surface area contributed by atoms with E-state index in [9.17, 15) is 4.79 Å². The van der Waals surface area contributed by atoms with E-state index < -0.39 is 0 Å². The molecule has 84 valence electrons. The van der Waals surface area contributed by atoms with Crippen LogP contribution in [0.4, 0.5) is 0 Å². The fraction of sp³-hybridized carbons (Fsp3) is 0.300. The van der Waals surface area contributed by atoms with Crippen LogP contribution in [0.15, 0.2) is 23.1 Å². The summed E-state index contributed by atoms with van der Waals surface area (Å²) in [5.74, 6) is 0.498. The van der Waals surface area contributed by atoms with Gasteiger partial charge in [-0.25, -0.2) is 4.98 Å². The van der Waals surface area contributed by atoms with Crippen molar-refractivity contribution in [2.24, 2.45) is 7.05 Å². The second kappa shape index (κ2) is 4.28. The number of aromatic amines is 1. The lowest BCUT2D eigenvalue weighted by Crippen LogP contribution is -2.15. The van der Waals surface area contributed by atoms with Crippen molar-refractivity contribution >= 4 is 0 Å². The second-order valence-corrected chi connectivity index (χ2v) is 3.49. The maximum atomic E-state index is 11.4. The number of hydrogen-bond donors (Lipinski definition) is 2. The van der Waals surface area contributed by atoms with Crippen LogP contribution >= 0.6 is 0 Å². The van der Waals surface area contributed by atoms with Crippen LogP contribution in [0.2, 0.25) is 0 Å². The Morgan fingerprint density at radius 2 is 2.38 bits per heavy atom. The summed E-state index contributed by atoms with van der Waals surface area (Å²) >= 11 is 0. The van der Waals surface area contributed by atoms with E-state index in [2.05, 4.69) is 20.4 Å². The van der Waals surface area contributed by atoms with E-state index >= 15 is 0 Å². The molecule has 0 bridgehead atoms. The van der Waals surface area contributed by atoms with Gasteiger partial charge in [-0.15, -0.1) is 0 Å². The third-order valence-corrected chi connectivity index (χ3v) is 2.11. The molecule has 2 rings (SSSR count). The molecule has 0 saturated heterocycles. The standard InChI is InChI=1S/C10H13N5O/c1-11-6-7-5-9(16)13-10(12-7)8-3-4-15(2)14-8/h3-5,11H,6H2,1-2H3,(H,12,13,16). The highest BCUT2D eigenvalue weighted by molar-refractivity contribution is 5.47. The fourth-order valence-electron chi connectivity index (χ4n) is 1.44. The number of aryl methyl sites for hydroxylation is 1. The molecule has 0 spiro atoms. The molecule has 0 radical (unpaired) electrons. The van der Waals surface area contributed by atoms with Crippen molar-refractivity contribution in [1.82, 2.24) is 25.1 Å². The molecule has 0 aromatic carbocycles. The number of nitrogens with zero attached hydrogens (tertiary/aromatic N) is 3. The summed E-state index contributed by atoms with van der Waals surface area (Å²) in [6, 6.07) is 3.28. The van der Waals surface area contributed by atoms with Gasteiger partial charge in [0.25, 0.3) is 5.56 Å². The van der Waals surface area contributed by atoms with Gasteiger partial charge in [-0.2, -0.15) is 5.10 Å². The highest BCUT2D eigenvalue weighted by atomic mass is 16.1. The first-order valence-corrected chi connectivity index (χ1v) is 4.94. The van der Waals surface area contributed by atoms with Crippen molar-refractivity contribution in [2.45, 2.75) is 6.54 Å². The molecule has 16 heavy (non-hydrogen) atoms. The average Bonchev–Trinajstić information content (AvgIpc) is 2.64. The van der Waals surface area contributed by atoms with Crippen molar-refractivity contribution in [3.05, 3.63) is 34.4 Å². The second-order valence-electron chi connectivity index (χ2n) is 3.49. The third-order valence-electron chi connectivity index (χ3n) is 2.11. The summed E-state index contributed by atoms with van der Waals surface area (Å²) in [4.78, 5) is 18.4. The van der Waals surface area contributed by atoms with Crippen LogP contribution in [0.5, 0.6) is 0 Å². The van der Waals surface area contributed by atoms with Crippen molar-refractivity contribution in [1.29, 1.82) is 0 Å². The minimum absolute atomic E-state index is 0.166. The quantitative estimate of drug-likeness (QED) is 0.755. The Labute approximate surface area is 92.3 Å². The first-order chi connectivity index (χ1) is 7.69. The Morgan fingerprint density at radius 1 is 1.56 bits per heavy atom. The molecular formula is C10H13N5O. The highest BCUT2D eigenvalue weighted by Crippen LogP contribution is 2.09. The van der Waals surface area contributed by atoms with Crippen LogP contribution < -0.4 is 10.9 Å². The molecule has 2 aromatic heterocycles. The Hall–Kier alpha value is -1.95. The molecule has 6 nitrogen and oxygen atoms in total. The average molecular weight is 219 g/mol. The van der Waals surface area contributed by atoms with E-state index in [4.69, 9.17) is 0 Å². The molecular weight excluding hydrogens is 206 g/mol.